The third-order valence-electron chi connectivity index (χ3n) is 3.92. The maximum atomic E-state index is 6.17. The number of hydrogen-bond acceptors (Lipinski definition) is 3. The minimum absolute atomic E-state index is 0.180. The molecule has 1 heterocycles. The standard InChI is InChI=1S/C15H21NO2/c16-14-7-1-6-13-12(14)5-2-8-15(13)18-11-4-3-9-17-10-11/h2,5,8,11,14H,1,3-4,6-7,9-10,16H2. The molecule has 3 rings (SSSR count). The highest BCUT2D eigenvalue weighted by Gasteiger charge is 2.22. The zero-order valence-corrected chi connectivity index (χ0v) is 10.7. The summed E-state index contributed by atoms with van der Waals surface area (Å²) in [5.41, 5.74) is 8.76. The van der Waals surface area contributed by atoms with Gasteiger partial charge in [-0.25, -0.2) is 0 Å². The van der Waals surface area contributed by atoms with E-state index >= 15 is 0 Å². The Bertz CT molecular complexity index is 413. The van der Waals surface area contributed by atoms with Gasteiger partial charge >= 0.3 is 0 Å². The smallest absolute Gasteiger partial charge is 0.123 e. The first-order valence-corrected chi connectivity index (χ1v) is 6.96. The van der Waals surface area contributed by atoms with Gasteiger partial charge in [0.1, 0.15) is 11.9 Å². The Morgan fingerprint density at radius 2 is 2.17 bits per heavy atom. The van der Waals surface area contributed by atoms with Crippen LogP contribution < -0.4 is 10.5 Å². The predicted molar refractivity (Wildman–Crippen MR) is 70.8 cm³/mol. The minimum Gasteiger partial charge on any atom is -0.488 e. The van der Waals surface area contributed by atoms with Crippen molar-refractivity contribution in [3.63, 3.8) is 0 Å². The van der Waals surface area contributed by atoms with Gasteiger partial charge < -0.3 is 15.2 Å². The van der Waals surface area contributed by atoms with Crippen LogP contribution in [0.15, 0.2) is 18.2 Å². The third-order valence-corrected chi connectivity index (χ3v) is 3.92. The van der Waals surface area contributed by atoms with Crippen molar-refractivity contribution in [1.82, 2.24) is 0 Å². The normalized spacial score (nSPS) is 27.6. The number of hydrogen-bond donors (Lipinski definition) is 1. The Morgan fingerprint density at radius 3 is 3.00 bits per heavy atom. The molecule has 0 aromatic heterocycles. The molecule has 1 aliphatic carbocycles. The molecule has 98 valence electrons. The second-order valence-electron chi connectivity index (χ2n) is 5.28. The Morgan fingerprint density at radius 1 is 1.22 bits per heavy atom. The molecule has 3 nitrogen and oxygen atoms in total. The molecule has 2 N–H and O–H groups in total. The van der Waals surface area contributed by atoms with Crippen LogP contribution in [-0.4, -0.2) is 19.3 Å². The SMILES string of the molecule is NC1CCCc2c(OC3CCCOC3)cccc21. The first-order valence-electron chi connectivity index (χ1n) is 6.96. The molecule has 0 spiro atoms. The molecule has 18 heavy (non-hydrogen) atoms. The van der Waals surface area contributed by atoms with Gasteiger partial charge in [0.25, 0.3) is 0 Å². The molecule has 2 atom stereocenters. The molecular formula is C15H21NO2. The van der Waals surface area contributed by atoms with Gasteiger partial charge in [-0.2, -0.15) is 0 Å². The summed E-state index contributed by atoms with van der Waals surface area (Å²) in [6, 6.07) is 6.46. The largest absolute Gasteiger partial charge is 0.488 e. The molecule has 0 bridgehead atoms. The van der Waals surface area contributed by atoms with E-state index in [1.807, 2.05) is 0 Å². The molecule has 0 saturated carbocycles. The highest BCUT2D eigenvalue weighted by molar-refractivity contribution is 5.43. The number of ether oxygens (including phenoxy) is 2. The van der Waals surface area contributed by atoms with Crippen molar-refractivity contribution in [2.24, 2.45) is 5.73 Å². The summed E-state index contributed by atoms with van der Waals surface area (Å²) in [7, 11) is 0. The van der Waals surface area contributed by atoms with Crippen molar-refractivity contribution < 1.29 is 9.47 Å². The van der Waals surface area contributed by atoms with E-state index in [1.165, 1.54) is 11.1 Å². The van der Waals surface area contributed by atoms with Crippen LogP contribution in [-0.2, 0) is 11.2 Å². The molecule has 1 aromatic carbocycles. The Hall–Kier alpha value is -1.06. The number of rotatable bonds is 2. The van der Waals surface area contributed by atoms with Crippen molar-refractivity contribution in [3.8, 4) is 5.75 Å². The van der Waals surface area contributed by atoms with Crippen molar-refractivity contribution in [1.29, 1.82) is 0 Å². The van der Waals surface area contributed by atoms with Crippen molar-refractivity contribution in [3.05, 3.63) is 29.3 Å². The van der Waals surface area contributed by atoms with Gasteiger partial charge in [0.05, 0.1) is 6.61 Å². The summed E-state index contributed by atoms with van der Waals surface area (Å²) in [6.07, 6.45) is 5.74. The predicted octanol–water partition coefficient (Wildman–Crippen LogP) is 2.58. The van der Waals surface area contributed by atoms with E-state index in [9.17, 15) is 0 Å². The summed E-state index contributed by atoms with van der Waals surface area (Å²) in [5.74, 6) is 1.03. The second-order valence-corrected chi connectivity index (χ2v) is 5.28. The van der Waals surface area contributed by atoms with Crippen LogP contribution in [0.3, 0.4) is 0 Å². The summed E-state index contributed by atoms with van der Waals surface area (Å²) in [5, 5.41) is 0. The van der Waals surface area contributed by atoms with E-state index < -0.39 is 0 Å². The average Bonchev–Trinajstić information content (AvgIpc) is 2.41. The molecule has 3 heteroatoms. The lowest BCUT2D eigenvalue weighted by atomic mass is 9.87. The quantitative estimate of drug-likeness (QED) is 0.873. The van der Waals surface area contributed by atoms with Crippen LogP contribution in [0.4, 0.5) is 0 Å². The molecule has 1 saturated heterocycles. The number of fused-ring (bicyclic) bond motifs is 1. The van der Waals surface area contributed by atoms with E-state index in [0.29, 0.717) is 0 Å². The first-order chi connectivity index (χ1) is 8.84. The summed E-state index contributed by atoms with van der Waals surface area (Å²) >= 11 is 0. The fourth-order valence-corrected chi connectivity index (χ4v) is 2.95. The van der Waals surface area contributed by atoms with Crippen LogP contribution >= 0.6 is 0 Å². The van der Waals surface area contributed by atoms with E-state index in [2.05, 4.69) is 18.2 Å². The number of nitrogens with two attached hydrogens (primary N) is 1. The highest BCUT2D eigenvalue weighted by atomic mass is 16.5. The minimum atomic E-state index is 0.180. The van der Waals surface area contributed by atoms with Gasteiger partial charge in [0, 0.05) is 12.6 Å². The Balaban J connectivity index is 1.81. The molecular weight excluding hydrogens is 226 g/mol. The van der Waals surface area contributed by atoms with Crippen LogP contribution in [0, 0.1) is 0 Å². The highest BCUT2D eigenvalue weighted by Crippen LogP contribution is 2.34. The summed E-state index contributed by atoms with van der Waals surface area (Å²) < 4.78 is 11.6. The van der Waals surface area contributed by atoms with Gasteiger partial charge in [-0.05, 0) is 49.3 Å². The fourth-order valence-electron chi connectivity index (χ4n) is 2.95. The summed E-state index contributed by atoms with van der Waals surface area (Å²) in [4.78, 5) is 0. The number of benzene rings is 1. The van der Waals surface area contributed by atoms with Gasteiger partial charge in [0.15, 0.2) is 0 Å². The molecule has 1 fully saturated rings. The third kappa shape index (κ3) is 2.38. The maximum absolute atomic E-state index is 6.17. The van der Waals surface area contributed by atoms with Gasteiger partial charge in [-0.1, -0.05) is 12.1 Å². The molecule has 2 unspecified atom stereocenters. The zero-order valence-electron chi connectivity index (χ0n) is 10.7. The first kappa shape index (κ1) is 12.0. The average molecular weight is 247 g/mol. The monoisotopic (exact) mass is 247 g/mol. The van der Waals surface area contributed by atoms with Gasteiger partial charge in [0.2, 0.25) is 0 Å². The van der Waals surface area contributed by atoms with E-state index in [-0.39, 0.29) is 12.1 Å². The second kappa shape index (κ2) is 5.29. The van der Waals surface area contributed by atoms with E-state index in [1.54, 1.807) is 0 Å². The summed E-state index contributed by atoms with van der Waals surface area (Å²) in [6.45, 7) is 1.59. The van der Waals surface area contributed by atoms with Crippen LogP contribution in [0.2, 0.25) is 0 Å². The molecule has 1 aromatic rings. The Labute approximate surface area is 108 Å². The van der Waals surface area contributed by atoms with Crippen LogP contribution in [0.25, 0.3) is 0 Å². The molecule has 0 radical (unpaired) electrons. The van der Waals surface area contributed by atoms with Gasteiger partial charge in [-0.3, -0.25) is 0 Å². The van der Waals surface area contributed by atoms with E-state index in [4.69, 9.17) is 15.2 Å². The van der Waals surface area contributed by atoms with Crippen molar-refractivity contribution in [2.45, 2.75) is 44.2 Å². The lowest BCUT2D eigenvalue weighted by Crippen LogP contribution is -2.29. The van der Waals surface area contributed by atoms with Crippen LogP contribution in [0.1, 0.15) is 42.9 Å². The fraction of sp³-hybridized carbons (Fsp3) is 0.600. The lowest BCUT2D eigenvalue weighted by Gasteiger charge is -2.28. The molecule has 1 aliphatic heterocycles. The van der Waals surface area contributed by atoms with Crippen molar-refractivity contribution in [2.75, 3.05) is 13.2 Å². The van der Waals surface area contributed by atoms with Gasteiger partial charge in [-0.15, -0.1) is 0 Å². The molecule has 2 aliphatic rings. The maximum Gasteiger partial charge on any atom is 0.123 e. The lowest BCUT2D eigenvalue weighted by molar-refractivity contribution is 0.00693. The molecule has 0 amide bonds. The van der Waals surface area contributed by atoms with E-state index in [0.717, 1.165) is 51.1 Å². The topological polar surface area (TPSA) is 44.5 Å². The zero-order chi connectivity index (χ0) is 12.4. The van der Waals surface area contributed by atoms with Crippen molar-refractivity contribution >= 4 is 0 Å². The van der Waals surface area contributed by atoms with Crippen LogP contribution in [0.5, 0.6) is 5.75 Å². The Kier molecular flexibility index (Phi) is 3.52.